The summed E-state index contributed by atoms with van der Waals surface area (Å²) < 4.78 is 6.13. The number of ether oxygens (including phenoxy) is 1. The highest BCUT2D eigenvalue weighted by atomic mass is 16.7. The van der Waals surface area contributed by atoms with Crippen molar-refractivity contribution in [2.24, 2.45) is 11.8 Å². The third-order valence-corrected chi connectivity index (χ3v) is 4.71. The third kappa shape index (κ3) is 1.62. The van der Waals surface area contributed by atoms with E-state index in [0.29, 0.717) is 12.0 Å². The van der Waals surface area contributed by atoms with Crippen LogP contribution < -0.4 is 5.48 Å². The second-order valence-corrected chi connectivity index (χ2v) is 5.87. The van der Waals surface area contributed by atoms with Crippen molar-refractivity contribution in [3.63, 3.8) is 0 Å². The maximum Gasteiger partial charge on any atom is 0.0965 e. The number of hydrogen-bond acceptors (Lipinski definition) is 3. The molecule has 2 aliphatic heterocycles. The van der Waals surface area contributed by atoms with Gasteiger partial charge in [-0.3, -0.25) is 0 Å². The Balaban J connectivity index is 1.63. The smallest absolute Gasteiger partial charge is 0.0965 e. The fraction of sp³-hybridized carbons (Fsp3) is 0.600. The third-order valence-electron chi connectivity index (χ3n) is 4.71. The van der Waals surface area contributed by atoms with Crippen molar-refractivity contribution < 1.29 is 9.57 Å². The van der Waals surface area contributed by atoms with E-state index >= 15 is 0 Å². The number of hydroxylamine groups is 1. The van der Waals surface area contributed by atoms with Crippen molar-refractivity contribution in [3.05, 3.63) is 35.9 Å². The number of benzene rings is 1. The molecule has 4 rings (SSSR count). The van der Waals surface area contributed by atoms with Gasteiger partial charge in [0.25, 0.3) is 0 Å². The highest BCUT2D eigenvalue weighted by Crippen LogP contribution is 2.46. The van der Waals surface area contributed by atoms with Crippen LogP contribution >= 0.6 is 0 Å². The molecule has 0 radical (unpaired) electrons. The average molecular weight is 245 g/mol. The summed E-state index contributed by atoms with van der Waals surface area (Å²) in [4.78, 5) is 5.57. The number of nitrogens with one attached hydrogen (secondary N) is 1. The predicted octanol–water partition coefficient (Wildman–Crippen LogP) is 2.23. The summed E-state index contributed by atoms with van der Waals surface area (Å²) in [6.07, 6.45) is 4.30. The molecular weight excluding hydrogens is 226 g/mol. The van der Waals surface area contributed by atoms with Crippen LogP contribution in [0.3, 0.4) is 0 Å². The molecule has 2 saturated heterocycles. The second-order valence-electron chi connectivity index (χ2n) is 5.87. The first-order valence-corrected chi connectivity index (χ1v) is 6.94. The van der Waals surface area contributed by atoms with Gasteiger partial charge >= 0.3 is 0 Å². The number of hydrogen-bond donors (Lipinski definition) is 1. The van der Waals surface area contributed by atoms with Gasteiger partial charge in [-0.25, -0.2) is 0 Å². The van der Waals surface area contributed by atoms with Gasteiger partial charge in [-0.15, -0.1) is 0 Å². The lowest BCUT2D eigenvalue weighted by molar-refractivity contribution is -0.0761. The summed E-state index contributed by atoms with van der Waals surface area (Å²) in [7, 11) is 0. The Morgan fingerprint density at radius 3 is 2.78 bits per heavy atom. The van der Waals surface area contributed by atoms with Gasteiger partial charge in [0.2, 0.25) is 0 Å². The van der Waals surface area contributed by atoms with Crippen LogP contribution in [0.15, 0.2) is 30.3 Å². The minimum absolute atomic E-state index is 0.118. The summed E-state index contributed by atoms with van der Waals surface area (Å²) in [6.45, 7) is 1.55. The molecule has 2 heterocycles. The molecule has 18 heavy (non-hydrogen) atoms. The maximum absolute atomic E-state index is 6.13. The molecular formula is C15H19NO2. The Bertz CT molecular complexity index is 431. The SMILES string of the molecule is c1ccc([C@]23CO[C@@H](C4CC4)C[C@H]2CON3)cc1. The first-order chi connectivity index (χ1) is 8.88. The summed E-state index contributed by atoms with van der Waals surface area (Å²) in [6, 6.07) is 10.6. The van der Waals surface area contributed by atoms with Crippen molar-refractivity contribution in [2.75, 3.05) is 13.2 Å². The van der Waals surface area contributed by atoms with E-state index in [2.05, 4.69) is 35.8 Å². The molecule has 1 aromatic carbocycles. The average Bonchev–Trinajstić information content (AvgIpc) is 3.19. The van der Waals surface area contributed by atoms with Crippen LogP contribution in [0.4, 0.5) is 0 Å². The Morgan fingerprint density at radius 2 is 2.00 bits per heavy atom. The summed E-state index contributed by atoms with van der Waals surface area (Å²) in [5.41, 5.74) is 4.42. The van der Waals surface area contributed by atoms with E-state index in [0.717, 1.165) is 25.6 Å². The van der Waals surface area contributed by atoms with E-state index in [4.69, 9.17) is 9.57 Å². The van der Waals surface area contributed by atoms with Crippen molar-refractivity contribution in [2.45, 2.75) is 30.9 Å². The van der Waals surface area contributed by atoms with E-state index in [1.807, 2.05) is 0 Å². The van der Waals surface area contributed by atoms with Gasteiger partial charge in [-0.05, 0) is 30.7 Å². The molecule has 0 spiro atoms. The van der Waals surface area contributed by atoms with Crippen LogP contribution in [0, 0.1) is 11.8 Å². The van der Waals surface area contributed by atoms with E-state index in [1.165, 1.54) is 18.4 Å². The standard InChI is InChI=1S/C15H19NO2/c1-2-4-12(5-3-1)15-10-17-14(11-6-7-11)8-13(15)9-18-16-15/h1-5,11,13-14,16H,6-10H2/t13-,14+,15+/m0/s1. The molecule has 3 nitrogen and oxygen atoms in total. The molecule has 1 aliphatic carbocycles. The lowest BCUT2D eigenvalue weighted by Gasteiger charge is -2.41. The molecule has 1 saturated carbocycles. The Kier molecular flexibility index (Phi) is 2.47. The summed E-state index contributed by atoms with van der Waals surface area (Å²) in [5.74, 6) is 1.36. The highest BCUT2D eigenvalue weighted by Gasteiger charge is 2.52. The fourth-order valence-corrected chi connectivity index (χ4v) is 3.41. The zero-order chi connectivity index (χ0) is 12.0. The lowest BCUT2D eigenvalue weighted by Crippen LogP contribution is -2.51. The van der Waals surface area contributed by atoms with Gasteiger partial charge in [-0.2, -0.15) is 5.48 Å². The van der Waals surface area contributed by atoms with Crippen LogP contribution in [-0.2, 0) is 15.1 Å². The topological polar surface area (TPSA) is 30.5 Å². The minimum Gasteiger partial charge on any atom is -0.376 e. The zero-order valence-corrected chi connectivity index (χ0v) is 10.5. The molecule has 1 N–H and O–H groups in total. The molecule has 96 valence electrons. The van der Waals surface area contributed by atoms with E-state index in [9.17, 15) is 0 Å². The number of rotatable bonds is 2. The van der Waals surface area contributed by atoms with Crippen LogP contribution in [0.2, 0.25) is 0 Å². The van der Waals surface area contributed by atoms with Crippen LogP contribution in [-0.4, -0.2) is 19.3 Å². The van der Waals surface area contributed by atoms with Crippen molar-refractivity contribution in [3.8, 4) is 0 Å². The Labute approximate surface area is 107 Å². The van der Waals surface area contributed by atoms with Crippen molar-refractivity contribution >= 4 is 0 Å². The van der Waals surface area contributed by atoms with Crippen molar-refractivity contribution in [1.82, 2.24) is 5.48 Å². The summed E-state index contributed by atoms with van der Waals surface area (Å²) >= 11 is 0. The van der Waals surface area contributed by atoms with Crippen LogP contribution in [0.1, 0.15) is 24.8 Å². The van der Waals surface area contributed by atoms with Crippen LogP contribution in [0.5, 0.6) is 0 Å². The van der Waals surface area contributed by atoms with Gasteiger partial charge in [0.05, 0.1) is 24.9 Å². The van der Waals surface area contributed by atoms with Gasteiger partial charge in [0.15, 0.2) is 0 Å². The van der Waals surface area contributed by atoms with Gasteiger partial charge in [0, 0.05) is 5.92 Å². The van der Waals surface area contributed by atoms with Gasteiger partial charge in [-0.1, -0.05) is 30.3 Å². The molecule has 3 fully saturated rings. The first-order valence-electron chi connectivity index (χ1n) is 6.94. The molecule has 0 unspecified atom stereocenters. The molecule has 3 aliphatic rings. The molecule has 3 atom stereocenters. The van der Waals surface area contributed by atoms with Gasteiger partial charge < -0.3 is 9.57 Å². The van der Waals surface area contributed by atoms with Crippen LogP contribution in [0.25, 0.3) is 0 Å². The largest absolute Gasteiger partial charge is 0.376 e. The highest BCUT2D eigenvalue weighted by molar-refractivity contribution is 5.27. The second kappa shape index (κ2) is 4.05. The maximum atomic E-state index is 6.13. The minimum atomic E-state index is -0.118. The zero-order valence-electron chi connectivity index (χ0n) is 10.5. The molecule has 0 aromatic heterocycles. The van der Waals surface area contributed by atoms with Gasteiger partial charge in [0.1, 0.15) is 0 Å². The fourth-order valence-electron chi connectivity index (χ4n) is 3.41. The summed E-state index contributed by atoms with van der Waals surface area (Å²) in [5, 5.41) is 0. The quantitative estimate of drug-likeness (QED) is 0.866. The predicted molar refractivity (Wildman–Crippen MR) is 67.8 cm³/mol. The van der Waals surface area contributed by atoms with E-state index in [-0.39, 0.29) is 5.54 Å². The molecule has 1 aromatic rings. The monoisotopic (exact) mass is 245 g/mol. The molecule has 3 heteroatoms. The molecule has 0 bridgehead atoms. The normalized spacial score (nSPS) is 39.6. The van der Waals surface area contributed by atoms with Crippen molar-refractivity contribution in [1.29, 1.82) is 0 Å². The Hall–Kier alpha value is -0.900. The number of fused-ring (bicyclic) bond motifs is 1. The molecule has 0 amide bonds. The van der Waals surface area contributed by atoms with E-state index < -0.39 is 0 Å². The first kappa shape index (κ1) is 11.0. The lowest BCUT2D eigenvalue weighted by atomic mass is 9.75. The van der Waals surface area contributed by atoms with E-state index in [1.54, 1.807) is 0 Å². The Morgan fingerprint density at radius 1 is 1.17 bits per heavy atom.